The average molecular weight is 482 g/mol. The Bertz CT molecular complexity index is 1360. The Hall–Kier alpha value is -3.30. The van der Waals surface area contributed by atoms with Crippen LogP contribution in [0.5, 0.6) is 5.75 Å². The summed E-state index contributed by atoms with van der Waals surface area (Å²) in [6, 6.07) is 14.1. The second kappa shape index (κ2) is 8.81. The fourth-order valence-corrected chi connectivity index (χ4v) is 5.73. The molecule has 1 N–H and O–H groups in total. The van der Waals surface area contributed by atoms with Crippen molar-refractivity contribution in [2.75, 3.05) is 30.9 Å². The number of anilines is 1. The van der Waals surface area contributed by atoms with Crippen LogP contribution in [-0.2, 0) is 32.1 Å². The molecule has 3 heterocycles. The van der Waals surface area contributed by atoms with E-state index in [0.29, 0.717) is 36.4 Å². The predicted octanol–water partition coefficient (Wildman–Crippen LogP) is 3.83. The van der Waals surface area contributed by atoms with Crippen LogP contribution in [0.25, 0.3) is 11.3 Å². The van der Waals surface area contributed by atoms with Gasteiger partial charge in [-0.25, -0.2) is 13.4 Å². The number of amides is 1. The zero-order valence-corrected chi connectivity index (χ0v) is 19.4. The molecule has 2 aromatic carbocycles. The Labute approximate surface area is 197 Å². The third-order valence-electron chi connectivity index (χ3n) is 6.20. The maximum atomic E-state index is 14.7. The second-order valence-corrected chi connectivity index (χ2v) is 10.6. The summed E-state index contributed by atoms with van der Waals surface area (Å²) < 4.78 is 46.5. The fraction of sp³-hybridized carbons (Fsp3) is 0.280. The van der Waals surface area contributed by atoms with Gasteiger partial charge >= 0.3 is 0 Å². The highest BCUT2D eigenvalue weighted by molar-refractivity contribution is 7.92. The number of benzene rings is 2. The molecular weight excluding hydrogens is 457 g/mol. The van der Waals surface area contributed by atoms with E-state index in [9.17, 15) is 13.4 Å². The number of carbonyl (C=O) groups excluding carboxylic acids is 1. The molecule has 2 aliphatic heterocycles. The molecule has 0 unspecified atom stereocenters. The van der Waals surface area contributed by atoms with Crippen molar-refractivity contribution in [3.05, 3.63) is 71.7 Å². The van der Waals surface area contributed by atoms with Gasteiger partial charge in [0, 0.05) is 37.5 Å². The largest absolute Gasteiger partial charge is 0.480 e. The summed E-state index contributed by atoms with van der Waals surface area (Å²) in [6.45, 7) is 0.458. The molecule has 1 amide bonds. The zero-order chi connectivity index (χ0) is 23.9. The van der Waals surface area contributed by atoms with Crippen molar-refractivity contribution in [3.63, 3.8) is 0 Å². The van der Waals surface area contributed by atoms with Crippen LogP contribution in [0.2, 0.25) is 0 Å². The molecule has 0 radical (unpaired) electrons. The number of carbonyl (C=O) groups is 1. The number of rotatable bonds is 6. The lowest BCUT2D eigenvalue weighted by molar-refractivity contribution is -0.124. The summed E-state index contributed by atoms with van der Waals surface area (Å²) in [5.41, 5.74) is 3.87. The maximum Gasteiger partial charge on any atom is 0.268 e. The van der Waals surface area contributed by atoms with Crippen molar-refractivity contribution in [1.82, 2.24) is 4.98 Å². The molecule has 0 fully saturated rings. The van der Waals surface area contributed by atoms with Gasteiger partial charge in [0.05, 0.1) is 32.7 Å². The number of aromatic nitrogens is 1. The van der Waals surface area contributed by atoms with Crippen LogP contribution in [0.3, 0.4) is 0 Å². The van der Waals surface area contributed by atoms with E-state index >= 15 is 0 Å². The first kappa shape index (κ1) is 22.5. The van der Waals surface area contributed by atoms with Gasteiger partial charge in [-0.3, -0.25) is 9.78 Å². The van der Waals surface area contributed by atoms with E-state index in [-0.39, 0.29) is 23.2 Å². The van der Waals surface area contributed by atoms with Gasteiger partial charge in [0.1, 0.15) is 11.6 Å². The number of ether oxygens (including phenoxy) is 2. The van der Waals surface area contributed by atoms with Crippen molar-refractivity contribution >= 4 is 21.3 Å². The molecule has 7 nitrogen and oxygen atoms in total. The van der Waals surface area contributed by atoms with Crippen LogP contribution in [-0.4, -0.2) is 47.2 Å². The van der Waals surface area contributed by atoms with Gasteiger partial charge in [0.2, 0.25) is 0 Å². The minimum atomic E-state index is -3.39. The number of nitrogens with one attached hydrogen (secondary N) is 1. The molecule has 2 aliphatic rings. The highest BCUT2D eigenvalue weighted by Crippen LogP contribution is 2.37. The number of hydrogen-bond donors (Lipinski definition) is 1. The Morgan fingerprint density at radius 1 is 1.26 bits per heavy atom. The van der Waals surface area contributed by atoms with Crippen LogP contribution in [0.1, 0.15) is 11.1 Å². The minimum Gasteiger partial charge on any atom is -0.480 e. The molecule has 9 heteroatoms. The van der Waals surface area contributed by atoms with Crippen molar-refractivity contribution < 1.29 is 22.9 Å². The first-order valence-electron chi connectivity index (χ1n) is 11.0. The van der Waals surface area contributed by atoms with Gasteiger partial charge in [0.25, 0.3) is 5.91 Å². The normalized spacial score (nSPS) is 18.2. The summed E-state index contributed by atoms with van der Waals surface area (Å²) >= 11 is 0. The number of halogens is 1. The molecule has 5 rings (SSSR count). The monoisotopic (exact) mass is 481 g/mol. The molecule has 0 saturated carbocycles. The van der Waals surface area contributed by atoms with E-state index in [1.807, 2.05) is 36.4 Å². The molecule has 0 bridgehead atoms. The lowest BCUT2D eigenvalue weighted by Gasteiger charge is -2.22. The van der Waals surface area contributed by atoms with Gasteiger partial charge in [-0.15, -0.1) is 0 Å². The summed E-state index contributed by atoms with van der Waals surface area (Å²) in [7, 11) is -1.95. The van der Waals surface area contributed by atoms with Crippen LogP contribution < -0.4 is 9.64 Å². The van der Waals surface area contributed by atoms with Crippen molar-refractivity contribution in [3.8, 4) is 17.0 Å². The first-order chi connectivity index (χ1) is 16.4. The number of hydrogen-bond acceptors (Lipinski definition) is 6. The Balaban J connectivity index is 1.39. The van der Waals surface area contributed by atoms with Crippen molar-refractivity contribution in [2.24, 2.45) is 0 Å². The summed E-state index contributed by atoms with van der Waals surface area (Å²) in [5.74, 6) is -0.380. The molecule has 1 aromatic heterocycles. The summed E-state index contributed by atoms with van der Waals surface area (Å²) in [4.78, 5) is 19.1. The summed E-state index contributed by atoms with van der Waals surface area (Å²) in [5, 5.41) is 0. The van der Waals surface area contributed by atoms with Gasteiger partial charge in [-0.1, -0.05) is 6.07 Å². The van der Waals surface area contributed by atoms with Crippen molar-refractivity contribution in [1.29, 1.82) is 4.78 Å². The smallest absolute Gasteiger partial charge is 0.268 e. The Morgan fingerprint density at radius 2 is 2.12 bits per heavy atom. The van der Waals surface area contributed by atoms with Crippen LogP contribution in [0, 0.1) is 10.6 Å². The lowest BCUT2D eigenvalue weighted by atomic mass is 10.0. The fourth-order valence-electron chi connectivity index (χ4n) is 4.43. The minimum absolute atomic E-state index is 0.0795. The molecule has 2 atom stereocenters. The average Bonchev–Trinajstić information content (AvgIpc) is 3.45. The summed E-state index contributed by atoms with van der Waals surface area (Å²) in [6.07, 6.45) is 1.93. The Kier molecular flexibility index (Phi) is 5.83. The third-order valence-corrected chi connectivity index (χ3v) is 7.96. The first-order valence-corrected chi connectivity index (χ1v) is 12.7. The van der Waals surface area contributed by atoms with Crippen LogP contribution >= 0.6 is 0 Å². The molecule has 0 spiro atoms. The molecule has 3 aromatic rings. The van der Waals surface area contributed by atoms with E-state index in [2.05, 4.69) is 4.98 Å². The van der Waals surface area contributed by atoms with E-state index in [1.54, 1.807) is 11.1 Å². The van der Waals surface area contributed by atoms with Gasteiger partial charge in [-0.05, 0) is 60.0 Å². The van der Waals surface area contributed by atoms with E-state index in [4.69, 9.17) is 14.3 Å². The molecule has 0 aliphatic carbocycles. The number of pyridine rings is 1. The molecular formula is C25H24FN3O4S. The predicted molar refractivity (Wildman–Crippen MR) is 126 cm³/mol. The van der Waals surface area contributed by atoms with Gasteiger partial charge in [-0.2, -0.15) is 0 Å². The maximum absolute atomic E-state index is 14.7. The van der Waals surface area contributed by atoms with Crippen LogP contribution in [0.4, 0.5) is 10.1 Å². The highest BCUT2D eigenvalue weighted by Gasteiger charge is 2.36. The van der Waals surface area contributed by atoms with Gasteiger partial charge < -0.3 is 14.4 Å². The second-order valence-electron chi connectivity index (χ2n) is 8.37. The van der Waals surface area contributed by atoms with E-state index in [0.717, 1.165) is 16.8 Å². The number of nitrogens with zero attached hydrogens (tertiary/aromatic N) is 2. The van der Waals surface area contributed by atoms with Gasteiger partial charge in [0.15, 0.2) is 6.10 Å². The van der Waals surface area contributed by atoms with E-state index < -0.39 is 21.7 Å². The van der Waals surface area contributed by atoms with Crippen molar-refractivity contribution in [2.45, 2.75) is 23.8 Å². The highest BCUT2D eigenvalue weighted by atomic mass is 32.2. The lowest BCUT2D eigenvalue weighted by Crippen LogP contribution is -2.40. The third kappa shape index (κ3) is 4.05. The zero-order valence-electron chi connectivity index (χ0n) is 18.6. The quantitative estimate of drug-likeness (QED) is 0.578. The number of methoxy groups -OCH3 is 1. The van der Waals surface area contributed by atoms with Crippen LogP contribution in [0.15, 0.2) is 59.6 Å². The standard InChI is InChI=1S/C25H24FN3O4S/c1-32-10-11-34(27,31)24-15-21-17(13-19(24)26)7-9-29(21)25(30)23-14-18-12-16(5-6-22(18)33-23)20-4-2-3-8-28-20/h2-6,8,12-13,15,23,27H,7,9-11,14H2,1H3/t23-,34+/m1/s1. The van der Waals surface area contributed by atoms with E-state index in [1.165, 1.54) is 19.2 Å². The Morgan fingerprint density at radius 3 is 2.88 bits per heavy atom. The SMILES string of the molecule is COCC[S@](=N)(=O)c1cc2c(cc1F)CCN2C(=O)[C@H]1Cc2cc(-c3ccccn3)ccc2O1. The molecule has 0 saturated heterocycles. The topological polar surface area (TPSA) is 92.6 Å². The number of fused-ring (bicyclic) bond motifs is 2. The molecule has 176 valence electrons. The molecule has 34 heavy (non-hydrogen) atoms.